The second kappa shape index (κ2) is 6.51. The zero-order valence-corrected chi connectivity index (χ0v) is 14.3. The number of amides is 2. The maximum absolute atomic E-state index is 12.6. The Morgan fingerprint density at radius 2 is 1.85 bits per heavy atom. The molecule has 0 spiro atoms. The molecule has 3 N–H and O–H groups in total. The number of ether oxygens (including phenoxy) is 1. The molecule has 9 heteroatoms. The van der Waals surface area contributed by atoms with Crippen LogP contribution in [0.4, 0.5) is 5.82 Å². The van der Waals surface area contributed by atoms with Crippen LogP contribution < -0.4 is 27.0 Å². The van der Waals surface area contributed by atoms with Crippen molar-refractivity contribution >= 4 is 17.6 Å². The van der Waals surface area contributed by atoms with Gasteiger partial charge in [0, 0.05) is 26.4 Å². The Kier molecular flexibility index (Phi) is 4.37. The van der Waals surface area contributed by atoms with Gasteiger partial charge < -0.3 is 15.8 Å². The SMILES string of the molecule is Cn1c2c(c(=O)n(C)c1=O)[C@H](c1ccc(OCC(N)=O)cc1)CC(=O)N2. The van der Waals surface area contributed by atoms with Gasteiger partial charge in [-0.2, -0.15) is 0 Å². The van der Waals surface area contributed by atoms with E-state index in [4.69, 9.17) is 10.5 Å². The number of carbonyl (C=O) groups is 2. The standard InChI is InChI=1S/C17H18N4O5/c1-20-15-14(16(24)21(2)17(20)25)11(7-13(23)19-15)9-3-5-10(6-4-9)26-8-12(18)22/h3-6,11H,7-8H2,1-2H3,(H2,18,22)(H,19,23)/t11-/m0/s1. The highest BCUT2D eigenvalue weighted by molar-refractivity contribution is 5.94. The predicted molar refractivity (Wildman–Crippen MR) is 93.1 cm³/mol. The van der Waals surface area contributed by atoms with Gasteiger partial charge in [-0.3, -0.25) is 23.5 Å². The van der Waals surface area contributed by atoms with Crippen molar-refractivity contribution in [1.29, 1.82) is 0 Å². The van der Waals surface area contributed by atoms with E-state index in [-0.39, 0.29) is 24.8 Å². The van der Waals surface area contributed by atoms with Crippen LogP contribution >= 0.6 is 0 Å². The molecule has 0 saturated heterocycles. The van der Waals surface area contributed by atoms with Crippen molar-refractivity contribution in [2.75, 3.05) is 11.9 Å². The number of primary amides is 1. The molecule has 1 aromatic heterocycles. The maximum atomic E-state index is 12.6. The average Bonchev–Trinajstić information content (AvgIpc) is 2.62. The molecular weight excluding hydrogens is 340 g/mol. The summed E-state index contributed by atoms with van der Waals surface area (Å²) in [5.41, 5.74) is 5.17. The summed E-state index contributed by atoms with van der Waals surface area (Å²) >= 11 is 0. The molecule has 136 valence electrons. The van der Waals surface area contributed by atoms with E-state index in [1.165, 1.54) is 18.7 Å². The molecule has 9 nitrogen and oxygen atoms in total. The number of hydrogen-bond acceptors (Lipinski definition) is 5. The Balaban J connectivity index is 2.05. The van der Waals surface area contributed by atoms with Crippen molar-refractivity contribution in [3.8, 4) is 5.75 Å². The Labute approximate surface area is 148 Å². The van der Waals surface area contributed by atoms with Gasteiger partial charge in [-0.25, -0.2) is 4.79 Å². The van der Waals surface area contributed by atoms with Crippen LogP contribution in [0.3, 0.4) is 0 Å². The van der Waals surface area contributed by atoms with Gasteiger partial charge in [0.25, 0.3) is 11.5 Å². The fourth-order valence-electron chi connectivity index (χ4n) is 3.04. The molecule has 0 bridgehead atoms. The molecule has 0 radical (unpaired) electrons. The Hall–Kier alpha value is -3.36. The van der Waals surface area contributed by atoms with Gasteiger partial charge in [-0.05, 0) is 17.7 Å². The van der Waals surface area contributed by atoms with Gasteiger partial charge >= 0.3 is 5.69 Å². The molecule has 0 aliphatic carbocycles. The lowest BCUT2D eigenvalue weighted by atomic mass is 9.86. The first-order chi connectivity index (χ1) is 12.3. The molecule has 3 rings (SSSR count). The van der Waals surface area contributed by atoms with Crippen LogP contribution in [0.5, 0.6) is 5.75 Å². The number of nitrogens with zero attached hydrogens (tertiary/aromatic N) is 2. The zero-order chi connectivity index (χ0) is 19.0. The third kappa shape index (κ3) is 2.99. The number of aromatic nitrogens is 2. The number of benzene rings is 1. The third-order valence-corrected chi connectivity index (χ3v) is 4.36. The topological polar surface area (TPSA) is 125 Å². The summed E-state index contributed by atoms with van der Waals surface area (Å²) < 4.78 is 7.49. The normalized spacial score (nSPS) is 15.9. The summed E-state index contributed by atoms with van der Waals surface area (Å²) in [6, 6.07) is 6.70. The van der Waals surface area contributed by atoms with E-state index in [1.54, 1.807) is 24.3 Å². The van der Waals surface area contributed by atoms with Crippen molar-refractivity contribution < 1.29 is 14.3 Å². The Morgan fingerprint density at radius 1 is 1.19 bits per heavy atom. The minimum atomic E-state index is -0.587. The summed E-state index contributed by atoms with van der Waals surface area (Å²) in [5.74, 6) is -0.694. The first kappa shape index (κ1) is 17.5. The molecule has 1 aromatic carbocycles. The lowest BCUT2D eigenvalue weighted by Crippen LogP contribution is -2.44. The lowest BCUT2D eigenvalue weighted by Gasteiger charge is -2.27. The lowest BCUT2D eigenvalue weighted by molar-refractivity contribution is -0.120. The molecule has 1 atom stereocenters. The van der Waals surface area contributed by atoms with E-state index in [0.29, 0.717) is 11.3 Å². The van der Waals surface area contributed by atoms with E-state index in [1.807, 2.05) is 0 Å². The maximum Gasteiger partial charge on any atom is 0.332 e. The second-order valence-corrected chi connectivity index (χ2v) is 6.10. The van der Waals surface area contributed by atoms with Crippen molar-refractivity contribution in [1.82, 2.24) is 9.13 Å². The van der Waals surface area contributed by atoms with Crippen molar-refractivity contribution in [2.24, 2.45) is 19.8 Å². The van der Waals surface area contributed by atoms with E-state index in [2.05, 4.69) is 5.32 Å². The number of rotatable bonds is 4. The van der Waals surface area contributed by atoms with Crippen LogP contribution in [0.1, 0.15) is 23.5 Å². The highest BCUT2D eigenvalue weighted by atomic mass is 16.5. The van der Waals surface area contributed by atoms with Crippen LogP contribution in [-0.4, -0.2) is 27.6 Å². The molecule has 1 aliphatic rings. The van der Waals surface area contributed by atoms with Crippen LogP contribution in [-0.2, 0) is 23.7 Å². The van der Waals surface area contributed by atoms with E-state index in [9.17, 15) is 19.2 Å². The summed E-state index contributed by atoms with van der Waals surface area (Å²) in [7, 11) is 2.91. The molecule has 0 saturated carbocycles. The molecule has 26 heavy (non-hydrogen) atoms. The fourth-order valence-corrected chi connectivity index (χ4v) is 3.04. The number of nitrogens with one attached hydrogen (secondary N) is 1. The molecule has 2 amide bonds. The van der Waals surface area contributed by atoms with Gasteiger partial charge in [0.1, 0.15) is 11.6 Å². The molecule has 0 fully saturated rings. The third-order valence-electron chi connectivity index (χ3n) is 4.36. The van der Waals surface area contributed by atoms with Gasteiger partial charge in [-0.1, -0.05) is 12.1 Å². The zero-order valence-electron chi connectivity index (χ0n) is 14.3. The number of fused-ring (bicyclic) bond motifs is 1. The second-order valence-electron chi connectivity index (χ2n) is 6.10. The molecular formula is C17H18N4O5. The fraction of sp³-hybridized carbons (Fsp3) is 0.294. The van der Waals surface area contributed by atoms with Crippen LogP contribution in [0.2, 0.25) is 0 Å². The van der Waals surface area contributed by atoms with Gasteiger partial charge in [0.15, 0.2) is 6.61 Å². The van der Waals surface area contributed by atoms with Gasteiger partial charge in [0.2, 0.25) is 5.91 Å². The quantitative estimate of drug-likeness (QED) is 0.756. The van der Waals surface area contributed by atoms with Crippen LogP contribution in [0.25, 0.3) is 0 Å². The summed E-state index contributed by atoms with van der Waals surface area (Å²) in [6.45, 7) is -0.239. The van der Waals surface area contributed by atoms with Crippen molar-refractivity contribution in [2.45, 2.75) is 12.3 Å². The minimum Gasteiger partial charge on any atom is -0.484 e. The van der Waals surface area contributed by atoms with Crippen molar-refractivity contribution in [3.63, 3.8) is 0 Å². The first-order valence-corrected chi connectivity index (χ1v) is 7.90. The largest absolute Gasteiger partial charge is 0.484 e. The highest BCUT2D eigenvalue weighted by Gasteiger charge is 2.32. The van der Waals surface area contributed by atoms with Crippen LogP contribution in [0, 0.1) is 0 Å². The first-order valence-electron chi connectivity index (χ1n) is 7.90. The number of nitrogens with two attached hydrogens (primary N) is 1. The van der Waals surface area contributed by atoms with Crippen LogP contribution in [0.15, 0.2) is 33.9 Å². The van der Waals surface area contributed by atoms with E-state index < -0.39 is 23.1 Å². The number of carbonyl (C=O) groups excluding carboxylic acids is 2. The molecule has 0 unspecified atom stereocenters. The monoisotopic (exact) mass is 358 g/mol. The summed E-state index contributed by atoms with van der Waals surface area (Å²) in [6.07, 6.45) is 0.0853. The average molecular weight is 358 g/mol. The predicted octanol–water partition coefficient (Wildman–Crippen LogP) is -0.578. The Bertz CT molecular complexity index is 1000. The van der Waals surface area contributed by atoms with Crippen molar-refractivity contribution in [3.05, 3.63) is 56.2 Å². The van der Waals surface area contributed by atoms with Gasteiger partial charge in [-0.15, -0.1) is 0 Å². The molecule has 1 aliphatic heterocycles. The summed E-state index contributed by atoms with van der Waals surface area (Å²) in [4.78, 5) is 47.6. The smallest absolute Gasteiger partial charge is 0.332 e. The van der Waals surface area contributed by atoms with Gasteiger partial charge in [0.05, 0.1) is 5.56 Å². The molecule has 2 aromatic rings. The minimum absolute atomic E-state index is 0.0853. The van der Waals surface area contributed by atoms with E-state index >= 15 is 0 Å². The molecule has 2 heterocycles. The highest BCUT2D eigenvalue weighted by Crippen LogP contribution is 2.34. The Morgan fingerprint density at radius 3 is 2.46 bits per heavy atom. The summed E-state index contributed by atoms with van der Waals surface area (Å²) in [5, 5.41) is 2.62. The number of hydrogen-bond donors (Lipinski definition) is 2. The van der Waals surface area contributed by atoms with E-state index in [0.717, 1.165) is 10.1 Å². The number of anilines is 1.